The minimum Gasteiger partial charge on any atom is -0.467 e. The highest BCUT2D eigenvalue weighted by molar-refractivity contribution is 6.09. The summed E-state index contributed by atoms with van der Waals surface area (Å²) in [4.78, 5) is 37.4. The molecule has 3 rings (SSSR count). The third kappa shape index (κ3) is 3.31. The lowest BCUT2D eigenvalue weighted by atomic mass is 9.98. The second-order valence-corrected chi connectivity index (χ2v) is 5.29. The van der Waals surface area contributed by atoms with Crippen LogP contribution in [0.2, 0.25) is 0 Å². The Morgan fingerprint density at radius 1 is 1.17 bits per heavy atom. The average molecular weight is 312 g/mol. The highest BCUT2D eigenvalue weighted by Crippen LogP contribution is 2.19. The second-order valence-electron chi connectivity index (χ2n) is 5.29. The van der Waals surface area contributed by atoms with Crippen LogP contribution < -0.4 is 5.32 Å². The van der Waals surface area contributed by atoms with Gasteiger partial charge < -0.3 is 9.73 Å². The first-order valence-corrected chi connectivity index (χ1v) is 7.37. The molecule has 0 saturated carbocycles. The number of hydrogen-bond donors (Lipinski definition) is 1. The molecule has 0 spiro atoms. The van der Waals surface area contributed by atoms with Crippen molar-refractivity contribution < 1.29 is 18.8 Å². The summed E-state index contributed by atoms with van der Waals surface area (Å²) in [6, 6.07) is 10.5. The highest BCUT2D eigenvalue weighted by Gasteiger charge is 2.30. The summed E-state index contributed by atoms with van der Waals surface area (Å²) >= 11 is 0. The van der Waals surface area contributed by atoms with Gasteiger partial charge in [-0.05, 0) is 23.8 Å². The van der Waals surface area contributed by atoms with Crippen molar-refractivity contribution in [3.63, 3.8) is 0 Å². The lowest BCUT2D eigenvalue weighted by Gasteiger charge is -2.26. The Balaban J connectivity index is 1.56. The fourth-order valence-electron chi connectivity index (χ4n) is 2.53. The number of imide groups is 1. The Hall–Kier alpha value is -2.89. The predicted octanol–water partition coefficient (Wildman–Crippen LogP) is 1.51. The number of amides is 3. The fraction of sp³-hybridized carbons (Fsp3) is 0.235. The van der Waals surface area contributed by atoms with E-state index >= 15 is 0 Å². The van der Waals surface area contributed by atoms with Gasteiger partial charge in [-0.25, -0.2) is 0 Å². The van der Waals surface area contributed by atoms with Crippen molar-refractivity contribution in [1.29, 1.82) is 0 Å². The van der Waals surface area contributed by atoms with Crippen LogP contribution in [0.15, 0.2) is 47.1 Å². The minimum absolute atomic E-state index is 0.0698. The van der Waals surface area contributed by atoms with Crippen LogP contribution in [0.4, 0.5) is 0 Å². The third-order valence-electron chi connectivity index (χ3n) is 3.74. The number of fused-ring (bicyclic) bond motifs is 1. The lowest BCUT2D eigenvalue weighted by molar-refractivity contribution is -0.129. The van der Waals surface area contributed by atoms with Crippen LogP contribution >= 0.6 is 0 Å². The van der Waals surface area contributed by atoms with E-state index in [0.717, 1.165) is 10.5 Å². The molecular formula is C17H16N2O4. The molecule has 0 unspecified atom stereocenters. The van der Waals surface area contributed by atoms with E-state index < -0.39 is 0 Å². The van der Waals surface area contributed by atoms with E-state index in [4.69, 9.17) is 4.42 Å². The maximum absolute atomic E-state index is 12.3. The largest absolute Gasteiger partial charge is 0.467 e. The van der Waals surface area contributed by atoms with Gasteiger partial charge in [0.2, 0.25) is 11.8 Å². The molecule has 118 valence electrons. The molecule has 3 amide bonds. The van der Waals surface area contributed by atoms with E-state index in [1.165, 1.54) is 6.26 Å². The van der Waals surface area contributed by atoms with Gasteiger partial charge in [0.15, 0.2) is 0 Å². The number of carbonyl (C=O) groups is 3. The summed E-state index contributed by atoms with van der Waals surface area (Å²) in [5.41, 5.74) is 1.27. The summed E-state index contributed by atoms with van der Waals surface area (Å²) < 4.78 is 5.12. The molecule has 6 heteroatoms. The number of furan rings is 1. The van der Waals surface area contributed by atoms with Gasteiger partial charge in [0.1, 0.15) is 5.76 Å². The number of carbonyl (C=O) groups excluding carboxylic acids is 3. The topological polar surface area (TPSA) is 79.6 Å². The van der Waals surface area contributed by atoms with Crippen LogP contribution in [0, 0.1) is 0 Å². The molecule has 1 N–H and O–H groups in total. The van der Waals surface area contributed by atoms with Crippen molar-refractivity contribution in [1.82, 2.24) is 10.2 Å². The van der Waals surface area contributed by atoms with E-state index in [-0.39, 0.29) is 43.7 Å². The summed E-state index contributed by atoms with van der Waals surface area (Å²) in [7, 11) is 0. The van der Waals surface area contributed by atoms with E-state index in [0.29, 0.717) is 11.3 Å². The maximum Gasteiger partial charge on any atom is 0.260 e. The van der Waals surface area contributed by atoms with Gasteiger partial charge in [-0.1, -0.05) is 18.2 Å². The van der Waals surface area contributed by atoms with Gasteiger partial charge in [0.05, 0.1) is 19.2 Å². The summed E-state index contributed by atoms with van der Waals surface area (Å²) in [6.07, 6.45) is 1.79. The van der Waals surface area contributed by atoms with Crippen LogP contribution in [0.3, 0.4) is 0 Å². The zero-order chi connectivity index (χ0) is 16.2. The number of nitrogens with one attached hydrogen (secondary N) is 1. The van der Waals surface area contributed by atoms with Crippen LogP contribution in [0.5, 0.6) is 0 Å². The molecule has 1 aromatic carbocycles. The molecule has 0 saturated heterocycles. The molecule has 0 fully saturated rings. The van der Waals surface area contributed by atoms with Crippen LogP contribution in [0.1, 0.15) is 28.1 Å². The fourth-order valence-corrected chi connectivity index (χ4v) is 2.53. The predicted molar refractivity (Wildman–Crippen MR) is 81.4 cm³/mol. The SMILES string of the molecule is O=C(CCN1C(=O)Cc2ccccc2C1=O)NCc1ccco1. The van der Waals surface area contributed by atoms with Crippen molar-refractivity contribution >= 4 is 17.7 Å². The van der Waals surface area contributed by atoms with Crippen molar-refractivity contribution in [2.24, 2.45) is 0 Å². The molecule has 0 aliphatic carbocycles. The smallest absolute Gasteiger partial charge is 0.260 e. The first-order valence-electron chi connectivity index (χ1n) is 7.37. The summed E-state index contributed by atoms with van der Waals surface area (Å²) in [5.74, 6) is -0.193. The van der Waals surface area contributed by atoms with Crippen LogP contribution in [-0.2, 0) is 22.6 Å². The zero-order valence-electron chi connectivity index (χ0n) is 12.5. The Morgan fingerprint density at radius 2 is 2.00 bits per heavy atom. The number of nitrogens with zero attached hydrogens (tertiary/aromatic N) is 1. The van der Waals surface area contributed by atoms with Gasteiger partial charge in [-0.2, -0.15) is 0 Å². The number of benzene rings is 1. The van der Waals surface area contributed by atoms with Crippen molar-refractivity contribution in [3.05, 3.63) is 59.5 Å². The number of hydrogen-bond acceptors (Lipinski definition) is 4. The second kappa shape index (κ2) is 6.48. The molecule has 0 atom stereocenters. The first kappa shape index (κ1) is 15.0. The van der Waals surface area contributed by atoms with Crippen molar-refractivity contribution in [2.45, 2.75) is 19.4 Å². The normalized spacial score (nSPS) is 13.8. The molecule has 1 aliphatic heterocycles. The maximum atomic E-state index is 12.3. The summed E-state index contributed by atoms with van der Waals surface area (Å²) in [6.45, 7) is 0.368. The summed E-state index contributed by atoms with van der Waals surface area (Å²) in [5, 5.41) is 2.69. The molecule has 0 bridgehead atoms. The molecule has 6 nitrogen and oxygen atoms in total. The van der Waals surface area contributed by atoms with E-state index in [1.807, 2.05) is 0 Å². The average Bonchev–Trinajstić information content (AvgIpc) is 3.06. The van der Waals surface area contributed by atoms with Gasteiger partial charge in [-0.3, -0.25) is 19.3 Å². The molecule has 1 aromatic heterocycles. The van der Waals surface area contributed by atoms with Gasteiger partial charge in [-0.15, -0.1) is 0 Å². The highest BCUT2D eigenvalue weighted by atomic mass is 16.3. The quantitative estimate of drug-likeness (QED) is 0.849. The monoisotopic (exact) mass is 312 g/mol. The molecule has 2 heterocycles. The van der Waals surface area contributed by atoms with Crippen LogP contribution in [-0.4, -0.2) is 29.2 Å². The Bertz CT molecular complexity index is 737. The molecule has 0 radical (unpaired) electrons. The minimum atomic E-state index is -0.337. The standard InChI is InChI=1S/C17H16N2O4/c20-15(18-11-13-5-3-9-23-13)7-8-19-16(21)10-12-4-1-2-6-14(12)17(19)22/h1-6,9H,7-8,10-11H2,(H,18,20). The van der Waals surface area contributed by atoms with Gasteiger partial charge >= 0.3 is 0 Å². The Kier molecular flexibility index (Phi) is 4.23. The molecule has 2 aromatic rings. The van der Waals surface area contributed by atoms with Crippen LogP contribution in [0.25, 0.3) is 0 Å². The van der Waals surface area contributed by atoms with Gasteiger partial charge in [0, 0.05) is 18.5 Å². The lowest BCUT2D eigenvalue weighted by Crippen LogP contribution is -2.44. The van der Waals surface area contributed by atoms with E-state index in [2.05, 4.69) is 5.32 Å². The van der Waals surface area contributed by atoms with Gasteiger partial charge in [0.25, 0.3) is 5.91 Å². The first-order chi connectivity index (χ1) is 11.1. The number of rotatable bonds is 5. The molecular weight excluding hydrogens is 296 g/mol. The Labute approximate surface area is 133 Å². The molecule has 1 aliphatic rings. The third-order valence-corrected chi connectivity index (χ3v) is 3.74. The van der Waals surface area contributed by atoms with Crippen molar-refractivity contribution in [3.8, 4) is 0 Å². The van der Waals surface area contributed by atoms with Crippen molar-refractivity contribution in [2.75, 3.05) is 6.54 Å². The van der Waals surface area contributed by atoms with E-state index in [1.54, 1.807) is 36.4 Å². The van der Waals surface area contributed by atoms with E-state index in [9.17, 15) is 14.4 Å². The Morgan fingerprint density at radius 3 is 2.78 bits per heavy atom. The molecule has 23 heavy (non-hydrogen) atoms. The zero-order valence-corrected chi connectivity index (χ0v) is 12.5.